The highest BCUT2D eigenvalue weighted by atomic mass is 79.9. The third kappa shape index (κ3) is 4.15. The Labute approximate surface area is 182 Å². The van der Waals surface area contributed by atoms with Crippen molar-refractivity contribution in [1.29, 1.82) is 0 Å². The van der Waals surface area contributed by atoms with Gasteiger partial charge < -0.3 is 14.8 Å². The van der Waals surface area contributed by atoms with E-state index >= 15 is 0 Å². The minimum absolute atomic E-state index is 0.0670. The van der Waals surface area contributed by atoms with E-state index in [4.69, 9.17) is 9.47 Å². The van der Waals surface area contributed by atoms with Crippen molar-refractivity contribution in [2.75, 3.05) is 18.5 Å². The molecule has 0 amide bonds. The monoisotopic (exact) mass is 465 g/mol. The number of nitrogens with zero attached hydrogens (tertiary/aromatic N) is 4. The summed E-state index contributed by atoms with van der Waals surface area (Å²) < 4.78 is 14.4. The Morgan fingerprint density at radius 2 is 2.10 bits per heavy atom. The molecule has 1 aliphatic heterocycles. The van der Waals surface area contributed by atoms with E-state index in [1.165, 1.54) is 0 Å². The number of hydrogen-bond acceptors (Lipinski definition) is 6. The predicted molar refractivity (Wildman–Crippen MR) is 119 cm³/mol. The van der Waals surface area contributed by atoms with Crippen molar-refractivity contribution in [3.05, 3.63) is 59.5 Å². The van der Waals surface area contributed by atoms with Crippen LogP contribution in [0.4, 0.5) is 11.6 Å². The van der Waals surface area contributed by atoms with Crippen molar-refractivity contribution < 1.29 is 9.47 Å². The highest BCUT2D eigenvalue weighted by Crippen LogP contribution is 2.31. The molecule has 2 aromatic heterocycles. The normalized spacial score (nSPS) is 16.1. The van der Waals surface area contributed by atoms with Crippen LogP contribution in [0.25, 0.3) is 22.0 Å². The van der Waals surface area contributed by atoms with Gasteiger partial charge in [-0.3, -0.25) is 4.68 Å². The lowest BCUT2D eigenvalue weighted by Crippen LogP contribution is -2.15. The van der Waals surface area contributed by atoms with Crippen LogP contribution in [-0.4, -0.2) is 39.1 Å². The standard InChI is InChI=1S/C22H20BrN5O2/c1-28-12-16(11-25-28)14-7-18(9-20(8-14)30-19-4-5-29-13-19)26-22-24-10-15-6-17(23)2-3-21(15)27-22/h2-3,6-12,19H,4-5,13H2,1H3,(H,24,26,27). The van der Waals surface area contributed by atoms with Crippen LogP contribution in [0.2, 0.25) is 0 Å². The van der Waals surface area contributed by atoms with Crippen molar-refractivity contribution in [3.8, 4) is 16.9 Å². The first-order valence-electron chi connectivity index (χ1n) is 9.70. The van der Waals surface area contributed by atoms with Crippen molar-refractivity contribution in [2.24, 2.45) is 7.05 Å². The maximum absolute atomic E-state index is 6.17. The van der Waals surface area contributed by atoms with E-state index in [1.54, 1.807) is 4.68 Å². The van der Waals surface area contributed by atoms with Gasteiger partial charge in [-0.2, -0.15) is 5.10 Å². The molecule has 4 aromatic rings. The molecular weight excluding hydrogens is 446 g/mol. The number of anilines is 2. The Bertz CT molecular complexity index is 1200. The third-order valence-corrected chi connectivity index (χ3v) is 5.43. The number of ether oxygens (including phenoxy) is 2. The number of benzene rings is 2. The van der Waals surface area contributed by atoms with Gasteiger partial charge in [-0.05, 0) is 35.9 Å². The second-order valence-corrected chi connectivity index (χ2v) is 8.19. The van der Waals surface area contributed by atoms with Crippen molar-refractivity contribution in [1.82, 2.24) is 19.7 Å². The number of hydrogen-bond donors (Lipinski definition) is 1. The molecular formula is C22H20BrN5O2. The molecule has 0 radical (unpaired) electrons. The summed E-state index contributed by atoms with van der Waals surface area (Å²) in [6, 6.07) is 12.0. The fourth-order valence-electron chi connectivity index (χ4n) is 3.47. The molecule has 3 heterocycles. The molecule has 0 bridgehead atoms. The van der Waals surface area contributed by atoms with Crippen LogP contribution in [-0.2, 0) is 11.8 Å². The van der Waals surface area contributed by atoms with Gasteiger partial charge in [0.25, 0.3) is 0 Å². The molecule has 8 heteroatoms. The summed E-state index contributed by atoms with van der Waals surface area (Å²) in [7, 11) is 1.90. The Morgan fingerprint density at radius 1 is 1.17 bits per heavy atom. The van der Waals surface area contributed by atoms with Gasteiger partial charge in [0.05, 0.1) is 24.9 Å². The molecule has 1 saturated heterocycles. The maximum atomic E-state index is 6.17. The summed E-state index contributed by atoms with van der Waals surface area (Å²) in [4.78, 5) is 9.09. The largest absolute Gasteiger partial charge is 0.488 e. The lowest BCUT2D eigenvalue weighted by molar-refractivity contribution is 0.141. The van der Waals surface area contributed by atoms with Gasteiger partial charge in [0, 0.05) is 53.0 Å². The van der Waals surface area contributed by atoms with Crippen LogP contribution in [0.15, 0.2) is 59.5 Å². The average molecular weight is 466 g/mol. The molecule has 1 fully saturated rings. The summed E-state index contributed by atoms with van der Waals surface area (Å²) in [6.45, 7) is 1.35. The quantitative estimate of drug-likeness (QED) is 0.460. The van der Waals surface area contributed by atoms with E-state index in [0.29, 0.717) is 12.6 Å². The van der Waals surface area contributed by atoms with E-state index in [9.17, 15) is 0 Å². The van der Waals surface area contributed by atoms with E-state index in [2.05, 4.69) is 36.3 Å². The Morgan fingerprint density at radius 3 is 2.90 bits per heavy atom. The first-order valence-corrected chi connectivity index (χ1v) is 10.5. The zero-order valence-corrected chi connectivity index (χ0v) is 18.0. The number of rotatable bonds is 5. The van der Waals surface area contributed by atoms with Crippen LogP contribution in [0, 0.1) is 0 Å². The van der Waals surface area contributed by atoms with Gasteiger partial charge in [0.1, 0.15) is 11.9 Å². The minimum atomic E-state index is 0.0670. The van der Waals surface area contributed by atoms with Crippen LogP contribution in [0.1, 0.15) is 6.42 Å². The molecule has 2 aromatic carbocycles. The summed E-state index contributed by atoms with van der Waals surface area (Å²) in [6.07, 6.45) is 6.59. The SMILES string of the molecule is Cn1cc(-c2cc(Nc3ncc4cc(Br)ccc4n3)cc(OC3CCOC3)c2)cn1. The first kappa shape index (κ1) is 19.0. The Balaban J connectivity index is 1.48. The van der Waals surface area contributed by atoms with Crippen LogP contribution in [0.3, 0.4) is 0 Å². The molecule has 0 aliphatic carbocycles. The molecule has 5 rings (SSSR count). The number of aryl methyl sites for hydroxylation is 1. The van der Waals surface area contributed by atoms with Crippen molar-refractivity contribution in [2.45, 2.75) is 12.5 Å². The maximum Gasteiger partial charge on any atom is 0.227 e. The number of halogens is 1. The van der Waals surface area contributed by atoms with Gasteiger partial charge >= 0.3 is 0 Å². The molecule has 1 aliphatic rings. The smallest absolute Gasteiger partial charge is 0.227 e. The molecule has 1 N–H and O–H groups in total. The molecule has 1 unspecified atom stereocenters. The predicted octanol–water partition coefficient (Wildman–Crippen LogP) is 4.70. The fourth-order valence-corrected chi connectivity index (χ4v) is 3.85. The summed E-state index contributed by atoms with van der Waals surface area (Å²) in [5.74, 6) is 1.31. The molecule has 30 heavy (non-hydrogen) atoms. The highest BCUT2D eigenvalue weighted by Gasteiger charge is 2.18. The topological polar surface area (TPSA) is 74.1 Å². The Hall–Kier alpha value is -2.97. The Kier molecular flexibility index (Phi) is 5.10. The average Bonchev–Trinajstić information content (AvgIpc) is 3.40. The zero-order valence-electron chi connectivity index (χ0n) is 16.4. The molecule has 0 spiro atoms. The van der Waals surface area contributed by atoms with E-state index in [-0.39, 0.29) is 6.10 Å². The van der Waals surface area contributed by atoms with Gasteiger partial charge in [-0.1, -0.05) is 15.9 Å². The van der Waals surface area contributed by atoms with E-state index in [0.717, 1.165) is 51.0 Å². The van der Waals surface area contributed by atoms with Crippen LogP contribution < -0.4 is 10.1 Å². The third-order valence-electron chi connectivity index (χ3n) is 4.93. The van der Waals surface area contributed by atoms with Gasteiger partial charge in [0.2, 0.25) is 5.95 Å². The van der Waals surface area contributed by atoms with Crippen molar-refractivity contribution >= 4 is 38.5 Å². The number of fused-ring (bicyclic) bond motifs is 1. The highest BCUT2D eigenvalue weighted by molar-refractivity contribution is 9.10. The molecule has 0 saturated carbocycles. The van der Waals surface area contributed by atoms with Crippen LogP contribution in [0.5, 0.6) is 5.75 Å². The zero-order chi connectivity index (χ0) is 20.5. The molecule has 152 valence electrons. The lowest BCUT2D eigenvalue weighted by Gasteiger charge is -2.15. The summed E-state index contributed by atoms with van der Waals surface area (Å²) >= 11 is 3.48. The lowest BCUT2D eigenvalue weighted by atomic mass is 10.1. The second kappa shape index (κ2) is 8.04. The second-order valence-electron chi connectivity index (χ2n) is 7.27. The first-order chi connectivity index (χ1) is 14.6. The van der Waals surface area contributed by atoms with Gasteiger partial charge in [0.15, 0.2) is 0 Å². The van der Waals surface area contributed by atoms with E-state index in [1.807, 2.05) is 62.0 Å². The van der Waals surface area contributed by atoms with Crippen LogP contribution >= 0.6 is 15.9 Å². The van der Waals surface area contributed by atoms with Crippen molar-refractivity contribution in [3.63, 3.8) is 0 Å². The molecule has 1 atom stereocenters. The van der Waals surface area contributed by atoms with Gasteiger partial charge in [-0.25, -0.2) is 9.97 Å². The fraction of sp³-hybridized carbons (Fsp3) is 0.227. The van der Waals surface area contributed by atoms with E-state index < -0.39 is 0 Å². The number of nitrogens with one attached hydrogen (secondary N) is 1. The number of aromatic nitrogens is 4. The summed E-state index contributed by atoms with van der Waals surface area (Å²) in [5.41, 5.74) is 3.74. The molecule has 7 nitrogen and oxygen atoms in total. The minimum Gasteiger partial charge on any atom is -0.488 e. The summed E-state index contributed by atoms with van der Waals surface area (Å²) in [5, 5.41) is 8.58. The van der Waals surface area contributed by atoms with Gasteiger partial charge in [-0.15, -0.1) is 0 Å².